The van der Waals surface area contributed by atoms with E-state index in [1.54, 1.807) is 19.2 Å². The van der Waals surface area contributed by atoms with Crippen molar-refractivity contribution in [1.82, 2.24) is 4.98 Å². The summed E-state index contributed by atoms with van der Waals surface area (Å²) in [5, 5.41) is 8.83. The van der Waals surface area contributed by atoms with Gasteiger partial charge in [-0.1, -0.05) is 11.6 Å². The lowest BCUT2D eigenvalue weighted by Gasteiger charge is -2.09. The molecule has 1 aromatic heterocycles. The molecule has 90 valence electrons. The molecule has 0 aliphatic heterocycles. The van der Waals surface area contributed by atoms with Crippen LogP contribution in [0.4, 0.5) is 5.82 Å². The normalized spacial score (nSPS) is 9.83. The van der Waals surface area contributed by atoms with Gasteiger partial charge in [0.2, 0.25) is 0 Å². The third-order valence-electron chi connectivity index (χ3n) is 2.68. The highest BCUT2D eigenvalue weighted by Gasteiger charge is 2.09. The third-order valence-corrected chi connectivity index (χ3v) is 2.68. The second kappa shape index (κ2) is 4.76. The maximum atomic E-state index is 8.83. The molecule has 0 bridgehead atoms. The van der Waals surface area contributed by atoms with Gasteiger partial charge in [-0.25, -0.2) is 4.98 Å². The lowest BCUT2D eigenvalue weighted by molar-refractivity contribution is 0.416. The summed E-state index contributed by atoms with van der Waals surface area (Å²) in [6, 6.07) is 11.3. The topological polar surface area (TPSA) is 71.9 Å². The largest absolute Gasteiger partial charge is 0.496 e. The first-order valence-corrected chi connectivity index (χ1v) is 5.47. The smallest absolute Gasteiger partial charge is 0.142 e. The Morgan fingerprint density at radius 2 is 2.06 bits per heavy atom. The molecule has 0 saturated carbocycles. The summed E-state index contributed by atoms with van der Waals surface area (Å²) in [4.78, 5) is 4.24. The number of nitrogen functional groups attached to an aromatic ring is 1. The van der Waals surface area contributed by atoms with Crippen molar-refractivity contribution in [3.63, 3.8) is 0 Å². The molecule has 4 nitrogen and oxygen atoms in total. The number of nitriles is 1. The first-order valence-electron chi connectivity index (χ1n) is 5.47. The number of aromatic nitrogens is 1. The van der Waals surface area contributed by atoms with Gasteiger partial charge in [0.1, 0.15) is 17.6 Å². The number of rotatable bonds is 2. The molecular formula is C14H13N3O. The van der Waals surface area contributed by atoms with Gasteiger partial charge in [0.25, 0.3) is 0 Å². The number of aryl methyl sites for hydroxylation is 1. The van der Waals surface area contributed by atoms with Crippen LogP contribution in [0.25, 0.3) is 11.3 Å². The van der Waals surface area contributed by atoms with Crippen molar-refractivity contribution in [3.8, 4) is 23.1 Å². The van der Waals surface area contributed by atoms with Crippen LogP contribution in [0.1, 0.15) is 11.1 Å². The Bertz CT molecular complexity index is 629. The van der Waals surface area contributed by atoms with Gasteiger partial charge in [0, 0.05) is 5.56 Å². The molecule has 4 heteroatoms. The van der Waals surface area contributed by atoms with E-state index in [4.69, 9.17) is 15.7 Å². The molecule has 2 N–H and O–H groups in total. The average Bonchev–Trinajstić information content (AvgIpc) is 2.38. The van der Waals surface area contributed by atoms with Crippen LogP contribution < -0.4 is 10.5 Å². The van der Waals surface area contributed by atoms with Crippen molar-refractivity contribution in [2.75, 3.05) is 12.8 Å². The maximum absolute atomic E-state index is 8.83. The number of benzene rings is 1. The Kier molecular flexibility index (Phi) is 3.16. The van der Waals surface area contributed by atoms with E-state index in [9.17, 15) is 0 Å². The Morgan fingerprint density at radius 3 is 2.67 bits per heavy atom. The minimum atomic E-state index is 0.235. The predicted octanol–water partition coefficient (Wildman–Crippen LogP) is 2.52. The fourth-order valence-electron chi connectivity index (χ4n) is 1.74. The fourth-order valence-corrected chi connectivity index (χ4v) is 1.74. The van der Waals surface area contributed by atoms with Crippen LogP contribution in [0.5, 0.6) is 5.75 Å². The summed E-state index contributed by atoms with van der Waals surface area (Å²) >= 11 is 0. The van der Waals surface area contributed by atoms with Crippen molar-refractivity contribution in [1.29, 1.82) is 5.26 Å². The fraction of sp³-hybridized carbons (Fsp3) is 0.143. The minimum Gasteiger partial charge on any atom is -0.496 e. The van der Waals surface area contributed by atoms with E-state index >= 15 is 0 Å². The van der Waals surface area contributed by atoms with E-state index in [1.165, 1.54) is 0 Å². The summed E-state index contributed by atoms with van der Waals surface area (Å²) in [5.74, 6) is 0.968. The number of nitrogens with zero attached hydrogens (tertiary/aromatic N) is 2. The molecular weight excluding hydrogens is 226 g/mol. The van der Waals surface area contributed by atoms with Gasteiger partial charge in [0.15, 0.2) is 0 Å². The van der Waals surface area contributed by atoms with Crippen LogP contribution in [0.15, 0.2) is 30.3 Å². The summed E-state index contributed by atoms with van der Waals surface area (Å²) in [5.41, 5.74) is 8.78. The number of nitrogens with two attached hydrogens (primary N) is 1. The number of anilines is 1. The summed E-state index contributed by atoms with van der Waals surface area (Å²) in [6.07, 6.45) is 0. The lowest BCUT2D eigenvalue weighted by atomic mass is 10.1. The molecule has 0 unspecified atom stereocenters. The molecule has 0 fully saturated rings. The first-order chi connectivity index (χ1) is 8.65. The van der Waals surface area contributed by atoms with Gasteiger partial charge >= 0.3 is 0 Å². The highest BCUT2D eigenvalue weighted by molar-refractivity contribution is 5.70. The van der Waals surface area contributed by atoms with E-state index in [0.29, 0.717) is 11.3 Å². The van der Waals surface area contributed by atoms with E-state index in [-0.39, 0.29) is 5.82 Å². The van der Waals surface area contributed by atoms with Crippen molar-refractivity contribution in [3.05, 3.63) is 41.5 Å². The zero-order valence-electron chi connectivity index (χ0n) is 10.3. The SMILES string of the molecule is COc1ccc(C)cc1-c1ccc(C#N)c(N)n1. The zero-order chi connectivity index (χ0) is 13.1. The van der Waals surface area contributed by atoms with Crippen LogP contribution >= 0.6 is 0 Å². The summed E-state index contributed by atoms with van der Waals surface area (Å²) < 4.78 is 5.31. The molecule has 0 atom stereocenters. The number of pyridine rings is 1. The molecule has 0 aliphatic rings. The summed E-state index contributed by atoms with van der Waals surface area (Å²) in [6.45, 7) is 2.00. The molecule has 0 saturated heterocycles. The number of hydrogen-bond acceptors (Lipinski definition) is 4. The van der Waals surface area contributed by atoms with Gasteiger partial charge in [-0.05, 0) is 31.2 Å². The number of ether oxygens (including phenoxy) is 1. The Labute approximate surface area is 106 Å². The second-order valence-electron chi connectivity index (χ2n) is 3.94. The molecule has 0 radical (unpaired) electrons. The molecule has 1 aromatic carbocycles. The van der Waals surface area contributed by atoms with Crippen LogP contribution in [-0.2, 0) is 0 Å². The van der Waals surface area contributed by atoms with Gasteiger partial charge in [-0.2, -0.15) is 5.26 Å². The second-order valence-corrected chi connectivity index (χ2v) is 3.94. The third kappa shape index (κ3) is 2.11. The predicted molar refractivity (Wildman–Crippen MR) is 70.1 cm³/mol. The lowest BCUT2D eigenvalue weighted by Crippen LogP contribution is -1.97. The standard InChI is InChI=1S/C14H13N3O/c1-9-3-6-13(18-2)11(7-9)12-5-4-10(8-15)14(16)17-12/h3-7H,1-2H3,(H2,16,17). The first kappa shape index (κ1) is 11.9. The molecule has 18 heavy (non-hydrogen) atoms. The van der Waals surface area contributed by atoms with Crippen molar-refractivity contribution in [2.24, 2.45) is 0 Å². The van der Waals surface area contributed by atoms with E-state index in [0.717, 1.165) is 16.9 Å². The van der Waals surface area contributed by atoms with Crippen LogP contribution in [0.3, 0.4) is 0 Å². The van der Waals surface area contributed by atoms with Crippen LogP contribution in [0, 0.1) is 18.3 Å². The van der Waals surface area contributed by atoms with E-state index in [2.05, 4.69) is 4.98 Å². The monoisotopic (exact) mass is 239 g/mol. The highest BCUT2D eigenvalue weighted by atomic mass is 16.5. The molecule has 1 heterocycles. The quantitative estimate of drug-likeness (QED) is 0.874. The molecule has 0 amide bonds. The van der Waals surface area contributed by atoms with Crippen molar-refractivity contribution in [2.45, 2.75) is 6.92 Å². The van der Waals surface area contributed by atoms with Crippen molar-refractivity contribution < 1.29 is 4.74 Å². The molecule has 2 rings (SSSR count). The van der Waals surface area contributed by atoms with Crippen molar-refractivity contribution >= 4 is 5.82 Å². The number of hydrogen-bond donors (Lipinski definition) is 1. The molecule has 0 spiro atoms. The van der Waals surface area contributed by atoms with Gasteiger partial charge in [0.05, 0.1) is 18.4 Å². The Morgan fingerprint density at radius 1 is 1.28 bits per heavy atom. The molecule has 0 aliphatic carbocycles. The minimum absolute atomic E-state index is 0.235. The van der Waals surface area contributed by atoms with Crippen LogP contribution in [0.2, 0.25) is 0 Å². The highest BCUT2D eigenvalue weighted by Crippen LogP contribution is 2.30. The average molecular weight is 239 g/mol. The van der Waals surface area contributed by atoms with Gasteiger partial charge in [-0.15, -0.1) is 0 Å². The summed E-state index contributed by atoms with van der Waals surface area (Å²) in [7, 11) is 1.61. The van der Waals surface area contributed by atoms with E-state index < -0.39 is 0 Å². The Balaban J connectivity index is 2.58. The Hall–Kier alpha value is -2.54. The van der Waals surface area contributed by atoms with Gasteiger partial charge in [-0.3, -0.25) is 0 Å². The van der Waals surface area contributed by atoms with Crippen LogP contribution in [-0.4, -0.2) is 12.1 Å². The zero-order valence-corrected chi connectivity index (χ0v) is 10.3. The molecule has 2 aromatic rings. The van der Waals surface area contributed by atoms with E-state index in [1.807, 2.05) is 31.2 Å². The maximum Gasteiger partial charge on any atom is 0.142 e. The number of methoxy groups -OCH3 is 1. The van der Waals surface area contributed by atoms with Gasteiger partial charge < -0.3 is 10.5 Å².